The second kappa shape index (κ2) is 6.06. The number of hydrogen-bond donors (Lipinski definition) is 1. The molecule has 0 saturated carbocycles. The van der Waals surface area contributed by atoms with Gasteiger partial charge in [-0.2, -0.15) is 5.10 Å². The van der Waals surface area contributed by atoms with Gasteiger partial charge in [0.1, 0.15) is 5.69 Å². The zero-order chi connectivity index (χ0) is 13.8. The molecular weight excluding hydrogens is 244 g/mol. The SMILES string of the molecule is CCN(CC1CCOC1)C(=O)c1c(N)cnn1CC. The van der Waals surface area contributed by atoms with Crippen molar-refractivity contribution >= 4 is 11.6 Å². The molecule has 2 rings (SSSR count). The predicted molar refractivity (Wildman–Crippen MR) is 72.8 cm³/mol. The lowest BCUT2D eigenvalue weighted by Gasteiger charge is -2.24. The van der Waals surface area contributed by atoms with E-state index in [0.29, 0.717) is 30.4 Å². The highest BCUT2D eigenvalue weighted by Gasteiger charge is 2.25. The highest BCUT2D eigenvalue weighted by molar-refractivity contribution is 5.97. The second-order valence-electron chi connectivity index (χ2n) is 4.84. The van der Waals surface area contributed by atoms with Gasteiger partial charge < -0.3 is 15.4 Å². The first-order valence-electron chi connectivity index (χ1n) is 6.85. The summed E-state index contributed by atoms with van der Waals surface area (Å²) in [5.74, 6) is 0.398. The first-order valence-corrected chi connectivity index (χ1v) is 6.85. The number of carbonyl (C=O) groups excluding carboxylic acids is 1. The summed E-state index contributed by atoms with van der Waals surface area (Å²) in [5, 5.41) is 4.12. The summed E-state index contributed by atoms with van der Waals surface area (Å²) in [6, 6.07) is 0. The minimum Gasteiger partial charge on any atom is -0.396 e. The largest absolute Gasteiger partial charge is 0.396 e. The molecule has 19 heavy (non-hydrogen) atoms. The van der Waals surface area contributed by atoms with E-state index >= 15 is 0 Å². The maximum atomic E-state index is 12.6. The van der Waals surface area contributed by atoms with Gasteiger partial charge in [-0.05, 0) is 20.3 Å². The topological polar surface area (TPSA) is 73.4 Å². The number of rotatable bonds is 5. The van der Waals surface area contributed by atoms with Gasteiger partial charge in [-0.15, -0.1) is 0 Å². The number of hydrogen-bond acceptors (Lipinski definition) is 4. The molecule has 1 amide bonds. The molecule has 0 spiro atoms. The third kappa shape index (κ3) is 2.89. The fraction of sp³-hybridized carbons (Fsp3) is 0.692. The van der Waals surface area contributed by atoms with Crippen LogP contribution in [0.25, 0.3) is 0 Å². The minimum atomic E-state index is -0.0359. The molecule has 1 atom stereocenters. The van der Waals surface area contributed by atoms with E-state index in [0.717, 1.165) is 26.2 Å². The molecule has 0 aromatic carbocycles. The average Bonchev–Trinajstić information content (AvgIpc) is 3.04. The van der Waals surface area contributed by atoms with E-state index in [4.69, 9.17) is 10.5 Å². The number of nitrogens with zero attached hydrogens (tertiary/aromatic N) is 3. The van der Waals surface area contributed by atoms with Gasteiger partial charge in [-0.3, -0.25) is 9.48 Å². The van der Waals surface area contributed by atoms with Crippen molar-refractivity contribution in [3.05, 3.63) is 11.9 Å². The number of ether oxygens (including phenoxy) is 1. The predicted octanol–water partition coefficient (Wildman–Crippen LogP) is 0.984. The number of nitrogens with two attached hydrogens (primary N) is 1. The normalized spacial score (nSPS) is 18.7. The summed E-state index contributed by atoms with van der Waals surface area (Å²) in [7, 11) is 0. The van der Waals surface area contributed by atoms with Gasteiger partial charge in [0, 0.05) is 32.2 Å². The third-order valence-corrected chi connectivity index (χ3v) is 3.54. The molecule has 2 N–H and O–H groups in total. The van der Waals surface area contributed by atoms with E-state index in [1.165, 1.54) is 0 Å². The Labute approximate surface area is 113 Å². The fourth-order valence-electron chi connectivity index (χ4n) is 2.42. The van der Waals surface area contributed by atoms with E-state index in [1.807, 2.05) is 18.7 Å². The van der Waals surface area contributed by atoms with Crippen LogP contribution < -0.4 is 5.73 Å². The van der Waals surface area contributed by atoms with Crippen LogP contribution >= 0.6 is 0 Å². The molecule has 1 aromatic heterocycles. The number of amides is 1. The van der Waals surface area contributed by atoms with Crippen molar-refractivity contribution in [2.75, 3.05) is 32.0 Å². The standard InChI is InChI=1S/C13H22N4O2/c1-3-16(8-10-5-6-19-9-10)13(18)12-11(14)7-15-17(12)4-2/h7,10H,3-6,8-9,14H2,1-2H3. The molecule has 0 aliphatic carbocycles. The van der Waals surface area contributed by atoms with Crippen molar-refractivity contribution < 1.29 is 9.53 Å². The Kier molecular flexibility index (Phi) is 4.42. The third-order valence-electron chi connectivity index (χ3n) is 3.54. The number of nitrogen functional groups attached to an aromatic ring is 1. The quantitative estimate of drug-likeness (QED) is 0.862. The Bertz CT molecular complexity index is 438. The van der Waals surface area contributed by atoms with Crippen molar-refractivity contribution in [1.29, 1.82) is 0 Å². The summed E-state index contributed by atoms with van der Waals surface area (Å²) in [6.07, 6.45) is 2.57. The second-order valence-corrected chi connectivity index (χ2v) is 4.84. The summed E-state index contributed by atoms with van der Waals surface area (Å²) < 4.78 is 7.02. The van der Waals surface area contributed by atoms with Crippen molar-refractivity contribution in [3.63, 3.8) is 0 Å². The van der Waals surface area contributed by atoms with Gasteiger partial charge in [-0.1, -0.05) is 0 Å². The summed E-state index contributed by atoms with van der Waals surface area (Å²) >= 11 is 0. The zero-order valence-corrected chi connectivity index (χ0v) is 11.6. The van der Waals surface area contributed by atoms with Crippen molar-refractivity contribution in [2.24, 2.45) is 5.92 Å². The monoisotopic (exact) mass is 266 g/mol. The molecule has 1 aliphatic heterocycles. The van der Waals surface area contributed by atoms with Crippen molar-refractivity contribution in [3.8, 4) is 0 Å². The minimum absolute atomic E-state index is 0.0359. The van der Waals surface area contributed by atoms with E-state index in [-0.39, 0.29) is 5.91 Å². The highest BCUT2D eigenvalue weighted by Crippen LogP contribution is 2.18. The Morgan fingerprint density at radius 1 is 1.63 bits per heavy atom. The summed E-state index contributed by atoms with van der Waals surface area (Å²) in [5.41, 5.74) is 6.82. The van der Waals surface area contributed by atoms with Gasteiger partial charge in [0.2, 0.25) is 0 Å². The maximum absolute atomic E-state index is 12.6. The van der Waals surface area contributed by atoms with Crippen LogP contribution in [0.4, 0.5) is 5.69 Å². The zero-order valence-electron chi connectivity index (χ0n) is 11.6. The number of aryl methyl sites for hydroxylation is 1. The molecule has 0 bridgehead atoms. The fourth-order valence-corrected chi connectivity index (χ4v) is 2.42. The molecular formula is C13H22N4O2. The molecule has 1 fully saturated rings. The lowest BCUT2D eigenvalue weighted by Crippen LogP contribution is -2.37. The van der Waals surface area contributed by atoms with Crippen LogP contribution in [0.5, 0.6) is 0 Å². The number of carbonyl (C=O) groups is 1. The Morgan fingerprint density at radius 3 is 3.00 bits per heavy atom. The van der Waals surface area contributed by atoms with Crippen molar-refractivity contribution in [2.45, 2.75) is 26.8 Å². The van der Waals surface area contributed by atoms with Crippen LogP contribution in [0.15, 0.2) is 6.20 Å². The molecule has 2 heterocycles. The van der Waals surface area contributed by atoms with Gasteiger partial charge in [0.15, 0.2) is 0 Å². The van der Waals surface area contributed by atoms with Crippen molar-refractivity contribution in [1.82, 2.24) is 14.7 Å². The van der Waals surface area contributed by atoms with Gasteiger partial charge >= 0.3 is 0 Å². The van der Waals surface area contributed by atoms with E-state index in [9.17, 15) is 4.79 Å². The van der Waals surface area contributed by atoms with Crippen LogP contribution in [0.3, 0.4) is 0 Å². The molecule has 0 radical (unpaired) electrons. The van der Waals surface area contributed by atoms with Crippen LogP contribution in [0.1, 0.15) is 30.8 Å². The van der Waals surface area contributed by atoms with Crippen LogP contribution in [-0.2, 0) is 11.3 Å². The first-order chi connectivity index (χ1) is 9.17. The molecule has 106 valence electrons. The Morgan fingerprint density at radius 2 is 2.42 bits per heavy atom. The summed E-state index contributed by atoms with van der Waals surface area (Å²) in [6.45, 7) is 7.51. The Hall–Kier alpha value is -1.56. The van der Waals surface area contributed by atoms with Crippen LogP contribution in [0, 0.1) is 5.92 Å². The van der Waals surface area contributed by atoms with E-state index < -0.39 is 0 Å². The van der Waals surface area contributed by atoms with E-state index in [2.05, 4.69) is 5.10 Å². The molecule has 1 aliphatic rings. The Balaban J connectivity index is 2.12. The van der Waals surface area contributed by atoms with Gasteiger partial charge in [0.05, 0.1) is 18.5 Å². The summed E-state index contributed by atoms with van der Waals surface area (Å²) in [4.78, 5) is 14.4. The number of aromatic nitrogens is 2. The van der Waals surface area contributed by atoms with Crippen LogP contribution in [-0.4, -0.2) is 46.9 Å². The smallest absolute Gasteiger partial charge is 0.274 e. The van der Waals surface area contributed by atoms with Gasteiger partial charge in [0.25, 0.3) is 5.91 Å². The molecule has 1 saturated heterocycles. The number of anilines is 1. The lowest BCUT2D eigenvalue weighted by molar-refractivity contribution is 0.0719. The van der Waals surface area contributed by atoms with Crippen LogP contribution in [0.2, 0.25) is 0 Å². The molecule has 1 aromatic rings. The highest BCUT2D eigenvalue weighted by atomic mass is 16.5. The molecule has 6 nitrogen and oxygen atoms in total. The average molecular weight is 266 g/mol. The van der Waals surface area contributed by atoms with E-state index in [1.54, 1.807) is 10.9 Å². The van der Waals surface area contributed by atoms with Gasteiger partial charge in [-0.25, -0.2) is 0 Å². The lowest BCUT2D eigenvalue weighted by atomic mass is 10.1. The molecule has 1 unspecified atom stereocenters. The maximum Gasteiger partial charge on any atom is 0.274 e. The molecule has 6 heteroatoms. The first kappa shape index (κ1) is 13.9.